The third-order valence-corrected chi connectivity index (χ3v) is 3.22. The lowest BCUT2D eigenvalue weighted by Crippen LogP contribution is -2.33. The zero-order valence-corrected chi connectivity index (χ0v) is 8.78. The highest BCUT2D eigenvalue weighted by atomic mass is 19.1. The van der Waals surface area contributed by atoms with Crippen molar-refractivity contribution in [2.45, 2.75) is 31.2 Å². The van der Waals surface area contributed by atoms with Crippen molar-refractivity contribution in [3.8, 4) is 0 Å². The Kier molecular flexibility index (Phi) is 2.63. The van der Waals surface area contributed by atoms with E-state index < -0.39 is 22.0 Å². The lowest BCUT2D eigenvalue weighted by Gasteiger charge is -2.23. The highest BCUT2D eigenvalue weighted by Gasteiger charge is 2.32. The Morgan fingerprint density at radius 1 is 1.38 bits per heavy atom. The average Bonchev–Trinajstić information content (AvgIpc) is 2.66. The Labute approximate surface area is 92.4 Å². The van der Waals surface area contributed by atoms with E-state index in [4.69, 9.17) is 5.73 Å². The summed E-state index contributed by atoms with van der Waals surface area (Å²) in [6.45, 7) is 0. The molecule has 5 heteroatoms. The van der Waals surface area contributed by atoms with E-state index >= 15 is 0 Å². The first-order valence-corrected chi connectivity index (χ1v) is 5.26. The van der Waals surface area contributed by atoms with E-state index in [0.29, 0.717) is 5.56 Å². The summed E-state index contributed by atoms with van der Waals surface area (Å²) in [4.78, 5) is 9.74. The quantitative estimate of drug-likeness (QED) is 0.619. The second-order valence-corrected chi connectivity index (χ2v) is 4.29. The molecule has 0 radical (unpaired) electrons. The van der Waals surface area contributed by atoms with Crippen LogP contribution >= 0.6 is 0 Å². The van der Waals surface area contributed by atoms with Crippen molar-refractivity contribution in [2.75, 3.05) is 0 Å². The number of benzene rings is 1. The average molecular weight is 224 g/mol. The van der Waals surface area contributed by atoms with Crippen molar-refractivity contribution < 1.29 is 9.31 Å². The summed E-state index contributed by atoms with van der Waals surface area (Å²) in [6.07, 6.45) is 3.67. The number of nitrogens with two attached hydrogens (primary N) is 1. The Morgan fingerprint density at radius 3 is 2.50 bits per heavy atom. The lowest BCUT2D eigenvalue weighted by molar-refractivity contribution is -0.387. The van der Waals surface area contributed by atoms with E-state index in [1.807, 2.05) is 0 Å². The number of nitro groups is 1. The van der Waals surface area contributed by atoms with Crippen LogP contribution in [0.5, 0.6) is 0 Å². The first-order chi connectivity index (χ1) is 7.53. The maximum atomic E-state index is 13.4. The molecule has 0 unspecified atom stereocenters. The van der Waals surface area contributed by atoms with E-state index in [1.54, 1.807) is 6.07 Å². The summed E-state index contributed by atoms with van der Waals surface area (Å²) in [6, 6.07) is 3.95. The smallest absolute Gasteiger partial charge is 0.304 e. The van der Waals surface area contributed by atoms with E-state index in [-0.39, 0.29) is 0 Å². The molecule has 0 spiro atoms. The third-order valence-electron chi connectivity index (χ3n) is 3.22. The first-order valence-electron chi connectivity index (χ1n) is 5.26. The van der Waals surface area contributed by atoms with Crippen molar-refractivity contribution in [3.63, 3.8) is 0 Å². The fourth-order valence-electron chi connectivity index (χ4n) is 2.26. The minimum atomic E-state index is -0.806. The Balaban J connectivity index is 2.37. The molecule has 1 aliphatic carbocycles. The van der Waals surface area contributed by atoms with Gasteiger partial charge in [0.25, 0.3) is 0 Å². The standard InChI is InChI=1S/C11H13FN2O2/c12-9-7-8(3-4-10(9)14(15)16)11(13)5-1-2-6-11/h3-4,7H,1-2,5-6,13H2. The highest BCUT2D eigenvalue weighted by Crippen LogP contribution is 2.37. The van der Waals surface area contributed by atoms with Crippen LogP contribution < -0.4 is 5.73 Å². The van der Waals surface area contributed by atoms with Gasteiger partial charge < -0.3 is 5.73 Å². The molecule has 1 saturated carbocycles. The predicted molar refractivity (Wildman–Crippen MR) is 57.4 cm³/mol. The second-order valence-electron chi connectivity index (χ2n) is 4.29. The maximum absolute atomic E-state index is 13.4. The zero-order chi connectivity index (χ0) is 11.8. The van der Waals surface area contributed by atoms with Gasteiger partial charge in [0.05, 0.1) is 4.92 Å². The zero-order valence-electron chi connectivity index (χ0n) is 8.78. The third kappa shape index (κ3) is 1.78. The molecular weight excluding hydrogens is 211 g/mol. The molecule has 1 fully saturated rings. The second kappa shape index (κ2) is 3.83. The molecule has 0 aliphatic heterocycles. The van der Waals surface area contributed by atoms with Crippen LogP contribution in [-0.4, -0.2) is 4.92 Å². The van der Waals surface area contributed by atoms with Crippen molar-refractivity contribution in [1.29, 1.82) is 0 Å². The fraction of sp³-hybridized carbons (Fsp3) is 0.455. The summed E-state index contributed by atoms with van der Waals surface area (Å²) in [5.74, 6) is -0.806. The van der Waals surface area contributed by atoms with Crippen LogP contribution in [0, 0.1) is 15.9 Å². The molecule has 1 aromatic carbocycles. The highest BCUT2D eigenvalue weighted by molar-refractivity contribution is 5.38. The van der Waals surface area contributed by atoms with Gasteiger partial charge in [-0.1, -0.05) is 18.9 Å². The number of nitro benzene ring substituents is 1. The van der Waals surface area contributed by atoms with Crippen LogP contribution in [-0.2, 0) is 5.54 Å². The van der Waals surface area contributed by atoms with Gasteiger partial charge >= 0.3 is 5.69 Å². The largest absolute Gasteiger partial charge is 0.321 e. The van der Waals surface area contributed by atoms with Gasteiger partial charge in [0.2, 0.25) is 5.82 Å². The molecule has 0 amide bonds. The molecule has 0 atom stereocenters. The number of nitrogens with zero attached hydrogens (tertiary/aromatic N) is 1. The van der Waals surface area contributed by atoms with Crippen molar-refractivity contribution >= 4 is 5.69 Å². The van der Waals surface area contributed by atoms with Crippen LogP contribution in [0.3, 0.4) is 0 Å². The van der Waals surface area contributed by atoms with E-state index in [0.717, 1.165) is 25.7 Å². The normalized spacial score (nSPS) is 18.6. The molecule has 4 nitrogen and oxygen atoms in total. The number of hydrogen-bond donors (Lipinski definition) is 1. The van der Waals surface area contributed by atoms with Crippen molar-refractivity contribution in [1.82, 2.24) is 0 Å². The molecule has 0 aromatic heterocycles. The van der Waals surface area contributed by atoms with Gasteiger partial charge in [0.1, 0.15) is 0 Å². The van der Waals surface area contributed by atoms with Crippen LogP contribution in [0.4, 0.5) is 10.1 Å². The van der Waals surface area contributed by atoms with Crippen LogP contribution in [0.2, 0.25) is 0 Å². The molecule has 1 aromatic rings. The molecule has 16 heavy (non-hydrogen) atoms. The van der Waals surface area contributed by atoms with Crippen LogP contribution in [0.15, 0.2) is 18.2 Å². The molecule has 0 bridgehead atoms. The number of hydrogen-bond acceptors (Lipinski definition) is 3. The van der Waals surface area contributed by atoms with Gasteiger partial charge in [-0.15, -0.1) is 0 Å². The summed E-state index contributed by atoms with van der Waals surface area (Å²) < 4.78 is 13.4. The first kappa shape index (κ1) is 11.0. The molecule has 0 heterocycles. The fourth-order valence-corrected chi connectivity index (χ4v) is 2.26. The van der Waals surface area contributed by atoms with E-state index in [9.17, 15) is 14.5 Å². The molecular formula is C11H13FN2O2. The number of halogens is 1. The van der Waals surface area contributed by atoms with Gasteiger partial charge in [0, 0.05) is 11.6 Å². The van der Waals surface area contributed by atoms with Crippen molar-refractivity contribution in [3.05, 3.63) is 39.7 Å². The molecule has 1 aliphatic rings. The lowest BCUT2D eigenvalue weighted by atomic mass is 9.89. The van der Waals surface area contributed by atoms with Gasteiger partial charge in [-0.2, -0.15) is 4.39 Å². The van der Waals surface area contributed by atoms with Gasteiger partial charge in [0.15, 0.2) is 0 Å². The Morgan fingerprint density at radius 2 is 2.00 bits per heavy atom. The Bertz CT molecular complexity index is 428. The maximum Gasteiger partial charge on any atom is 0.304 e. The van der Waals surface area contributed by atoms with E-state index in [2.05, 4.69) is 0 Å². The van der Waals surface area contributed by atoms with Crippen molar-refractivity contribution in [2.24, 2.45) is 5.73 Å². The molecule has 0 saturated heterocycles. The topological polar surface area (TPSA) is 69.2 Å². The van der Waals surface area contributed by atoms with Gasteiger partial charge in [-0.3, -0.25) is 10.1 Å². The molecule has 2 N–H and O–H groups in total. The van der Waals surface area contributed by atoms with E-state index in [1.165, 1.54) is 12.1 Å². The summed E-state index contributed by atoms with van der Waals surface area (Å²) in [7, 11) is 0. The SMILES string of the molecule is NC1(c2ccc([N+](=O)[O-])c(F)c2)CCCC1. The monoisotopic (exact) mass is 224 g/mol. The molecule has 86 valence electrons. The van der Waals surface area contributed by atoms with Gasteiger partial charge in [-0.25, -0.2) is 0 Å². The van der Waals surface area contributed by atoms with Crippen LogP contribution in [0.25, 0.3) is 0 Å². The Hall–Kier alpha value is -1.49. The molecule has 2 rings (SSSR count). The summed E-state index contributed by atoms with van der Waals surface area (Å²) in [5, 5.41) is 10.5. The summed E-state index contributed by atoms with van der Waals surface area (Å²) in [5.41, 5.74) is 5.80. The predicted octanol–water partition coefficient (Wildman–Crippen LogP) is 2.46. The minimum Gasteiger partial charge on any atom is -0.321 e. The van der Waals surface area contributed by atoms with Crippen LogP contribution in [0.1, 0.15) is 31.2 Å². The summed E-state index contributed by atoms with van der Waals surface area (Å²) >= 11 is 0. The van der Waals surface area contributed by atoms with Gasteiger partial charge in [-0.05, 0) is 24.5 Å². The number of rotatable bonds is 2. The minimum absolute atomic E-state index is 0.495.